The Morgan fingerprint density at radius 2 is 2.20 bits per heavy atom. The summed E-state index contributed by atoms with van der Waals surface area (Å²) in [4.78, 5) is 11.7. The third-order valence-corrected chi connectivity index (χ3v) is 2.43. The van der Waals surface area contributed by atoms with Gasteiger partial charge in [0.2, 0.25) is 0 Å². The molecule has 0 aromatic heterocycles. The van der Waals surface area contributed by atoms with Crippen LogP contribution >= 0.6 is 15.9 Å². The smallest absolute Gasteiger partial charge is 0.251 e. The van der Waals surface area contributed by atoms with Crippen LogP contribution in [-0.2, 0) is 0 Å². The molecule has 1 rings (SSSR count). The summed E-state index contributed by atoms with van der Waals surface area (Å²) >= 11 is 3.30. The molecule has 1 amide bonds. The number of benzene rings is 1. The van der Waals surface area contributed by atoms with E-state index < -0.39 is 5.54 Å². The quantitative estimate of drug-likeness (QED) is 0.883. The average molecular weight is 272 g/mol. The molecule has 2 N–H and O–H groups in total. The van der Waals surface area contributed by atoms with Gasteiger partial charge in [0.15, 0.2) is 0 Å². The topological polar surface area (TPSA) is 49.3 Å². The molecular formula is C11H14BrNO2. The zero-order valence-electron chi connectivity index (χ0n) is 8.75. The van der Waals surface area contributed by atoms with Crippen molar-refractivity contribution in [3.8, 4) is 0 Å². The van der Waals surface area contributed by atoms with Crippen LogP contribution in [0.25, 0.3) is 0 Å². The van der Waals surface area contributed by atoms with Crippen molar-refractivity contribution >= 4 is 21.8 Å². The summed E-state index contributed by atoms with van der Waals surface area (Å²) in [6, 6.07) is 7.12. The second-order valence-electron chi connectivity index (χ2n) is 4.01. The van der Waals surface area contributed by atoms with Gasteiger partial charge in [-0.15, -0.1) is 0 Å². The molecule has 0 bridgehead atoms. The molecule has 0 saturated heterocycles. The number of aliphatic hydroxyl groups is 1. The second-order valence-corrected chi connectivity index (χ2v) is 4.92. The van der Waals surface area contributed by atoms with Crippen molar-refractivity contribution in [3.05, 3.63) is 34.3 Å². The standard InChI is InChI=1S/C11H14BrNO2/c1-11(2,7-14)13-10(15)8-4-3-5-9(12)6-8/h3-6,14H,7H2,1-2H3,(H,13,15). The van der Waals surface area contributed by atoms with E-state index in [1.807, 2.05) is 6.07 Å². The Bertz CT molecular complexity index is 363. The lowest BCUT2D eigenvalue weighted by Gasteiger charge is -2.23. The van der Waals surface area contributed by atoms with Gasteiger partial charge in [0, 0.05) is 10.0 Å². The third-order valence-electron chi connectivity index (χ3n) is 1.93. The minimum atomic E-state index is -0.598. The summed E-state index contributed by atoms with van der Waals surface area (Å²) < 4.78 is 0.858. The number of aliphatic hydroxyl groups excluding tert-OH is 1. The molecule has 1 aromatic rings. The Kier molecular flexibility index (Phi) is 3.88. The Labute approximate surface area is 97.6 Å². The van der Waals surface area contributed by atoms with E-state index in [2.05, 4.69) is 21.2 Å². The van der Waals surface area contributed by atoms with E-state index >= 15 is 0 Å². The molecule has 0 radical (unpaired) electrons. The number of halogens is 1. The highest BCUT2D eigenvalue weighted by atomic mass is 79.9. The number of nitrogens with one attached hydrogen (secondary N) is 1. The van der Waals surface area contributed by atoms with Crippen LogP contribution in [0.5, 0.6) is 0 Å². The molecule has 0 saturated carbocycles. The fourth-order valence-electron chi connectivity index (χ4n) is 1.05. The molecular weight excluding hydrogens is 258 g/mol. The van der Waals surface area contributed by atoms with E-state index in [1.165, 1.54) is 0 Å². The molecule has 0 aliphatic heterocycles. The molecule has 0 aliphatic rings. The predicted molar refractivity (Wildman–Crippen MR) is 62.8 cm³/mol. The van der Waals surface area contributed by atoms with Crippen LogP contribution in [0.4, 0.5) is 0 Å². The van der Waals surface area contributed by atoms with Gasteiger partial charge in [-0.2, -0.15) is 0 Å². The monoisotopic (exact) mass is 271 g/mol. The summed E-state index contributed by atoms with van der Waals surface area (Å²) in [5.41, 5.74) is -0.0229. The van der Waals surface area contributed by atoms with Crippen LogP contribution in [0.3, 0.4) is 0 Å². The lowest BCUT2D eigenvalue weighted by atomic mass is 10.1. The second kappa shape index (κ2) is 4.77. The Balaban J connectivity index is 2.78. The van der Waals surface area contributed by atoms with Gasteiger partial charge < -0.3 is 10.4 Å². The molecule has 0 atom stereocenters. The van der Waals surface area contributed by atoms with Crippen molar-refractivity contribution in [2.24, 2.45) is 0 Å². The average Bonchev–Trinajstić information content (AvgIpc) is 2.17. The van der Waals surface area contributed by atoms with Crippen LogP contribution in [0.1, 0.15) is 24.2 Å². The van der Waals surface area contributed by atoms with Gasteiger partial charge in [0.25, 0.3) is 5.91 Å². The SMILES string of the molecule is CC(C)(CO)NC(=O)c1cccc(Br)c1. The maximum Gasteiger partial charge on any atom is 0.251 e. The van der Waals surface area contributed by atoms with Crippen LogP contribution in [0.15, 0.2) is 28.7 Å². The predicted octanol–water partition coefficient (Wildman–Crippen LogP) is 1.95. The summed E-state index contributed by atoms with van der Waals surface area (Å²) in [6.45, 7) is 3.44. The Hall–Kier alpha value is -0.870. The molecule has 3 nitrogen and oxygen atoms in total. The molecule has 4 heteroatoms. The fourth-order valence-corrected chi connectivity index (χ4v) is 1.45. The lowest BCUT2D eigenvalue weighted by molar-refractivity contribution is 0.0869. The van der Waals surface area contributed by atoms with Crippen LogP contribution < -0.4 is 5.32 Å². The van der Waals surface area contributed by atoms with Crippen LogP contribution in [-0.4, -0.2) is 23.2 Å². The van der Waals surface area contributed by atoms with Crippen molar-refractivity contribution in [2.45, 2.75) is 19.4 Å². The largest absolute Gasteiger partial charge is 0.394 e. The van der Waals surface area contributed by atoms with E-state index in [0.717, 1.165) is 4.47 Å². The number of hydrogen-bond donors (Lipinski definition) is 2. The summed E-state index contributed by atoms with van der Waals surface area (Å²) in [7, 11) is 0. The first-order chi connectivity index (χ1) is 6.94. The summed E-state index contributed by atoms with van der Waals surface area (Å²) in [5, 5.41) is 11.8. The third kappa shape index (κ3) is 3.64. The first-order valence-electron chi connectivity index (χ1n) is 4.63. The number of rotatable bonds is 3. The highest BCUT2D eigenvalue weighted by molar-refractivity contribution is 9.10. The van der Waals surface area contributed by atoms with E-state index in [1.54, 1.807) is 32.0 Å². The number of hydrogen-bond acceptors (Lipinski definition) is 2. The molecule has 0 aliphatic carbocycles. The summed E-state index contributed by atoms with van der Waals surface area (Å²) in [6.07, 6.45) is 0. The van der Waals surface area contributed by atoms with Crippen LogP contribution in [0.2, 0.25) is 0 Å². The van der Waals surface area contributed by atoms with Crippen molar-refractivity contribution in [3.63, 3.8) is 0 Å². The molecule has 0 spiro atoms. The molecule has 1 aromatic carbocycles. The molecule has 0 fully saturated rings. The Morgan fingerprint density at radius 3 is 2.73 bits per heavy atom. The van der Waals surface area contributed by atoms with E-state index in [4.69, 9.17) is 5.11 Å². The van der Waals surface area contributed by atoms with Gasteiger partial charge in [-0.05, 0) is 32.0 Å². The molecule has 0 unspecified atom stereocenters. The van der Waals surface area contributed by atoms with Crippen molar-refractivity contribution in [2.75, 3.05) is 6.61 Å². The maximum atomic E-state index is 11.7. The van der Waals surface area contributed by atoms with Crippen molar-refractivity contribution in [1.29, 1.82) is 0 Å². The normalized spacial score (nSPS) is 11.2. The first kappa shape index (κ1) is 12.2. The van der Waals surface area contributed by atoms with Crippen molar-refractivity contribution < 1.29 is 9.90 Å². The van der Waals surface area contributed by atoms with Gasteiger partial charge >= 0.3 is 0 Å². The van der Waals surface area contributed by atoms with E-state index in [-0.39, 0.29) is 12.5 Å². The zero-order chi connectivity index (χ0) is 11.5. The number of carbonyl (C=O) groups excluding carboxylic acids is 1. The van der Waals surface area contributed by atoms with Gasteiger partial charge in [-0.1, -0.05) is 22.0 Å². The Morgan fingerprint density at radius 1 is 1.53 bits per heavy atom. The fraction of sp³-hybridized carbons (Fsp3) is 0.364. The highest BCUT2D eigenvalue weighted by Crippen LogP contribution is 2.12. The zero-order valence-corrected chi connectivity index (χ0v) is 10.3. The lowest BCUT2D eigenvalue weighted by Crippen LogP contribution is -2.46. The first-order valence-corrected chi connectivity index (χ1v) is 5.43. The van der Waals surface area contributed by atoms with Crippen molar-refractivity contribution in [1.82, 2.24) is 5.32 Å². The minimum absolute atomic E-state index is 0.0905. The van der Waals surface area contributed by atoms with Crippen LogP contribution in [0, 0.1) is 0 Å². The number of amides is 1. The summed E-state index contributed by atoms with van der Waals surface area (Å²) in [5.74, 6) is -0.185. The van der Waals surface area contributed by atoms with Gasteiger partial charge in [-0.3, -0.25) is 4.79 Å². The van der Waals surface area contributed by atoms with Gasteiger partial charge in [0.05, 0.1) is 12.1 Å². The maximum absolute atomic E-state index is 11.7. The molecule has 0 heterocycles. The highest BCUT2D eigenvalue weighted by Gasteiger charge is 2.19. The van der Waals surface area contributed by atoms with Gasteiger partial charge in [0.1, 0.15) is 0 Å². The van der Waals surface area contributed by atoms with Gasteiger partial charge in [-0.25, -0.2) is 0 Å². The molecule has 82 valence electrons. The minimum Gasteiger partial charge on any atom is -0.394 e. The molecule has 15 heavy (non-hydrogen) atoms. The number of carbonyl (C=O) groups is 1. The van der Waals surface area contributed by atoms with E-state index in [0.29, 0.717) is 5.56 Å². The van der Waals surface area contributed by atoms with E-state index in [9.17, 15) is 4.79 Å².